The fourth-order valence-electron chi connectivity index (χ4n) is 3.23. The molecule has 3 aromatic rings. The molecule has 0 aliphatic carbocycles. The van der Waals surface area contributed by atoms with E-state index < -0.39 is 5.91 Å². The maximum Gasteiger partial charge on any atom is 0.292 e. The summed E-state index contributed by atoms with van der Waals surface area (Å²) in [6.07, 6.45) is 0.744. The molecular formula is C24H28N4O2. The molecule has 3 rings (SSSR count). The lowest BCUT2D eigenvalue weighted by molar-refractivity contribution is 0.0949. The van der Waals surface area contributed by atoms with Gasteiger partial charge in [0, 0.05) is 11.9 Å². The number of benzene rings is 2. The molecule has 30 heavy (non-hydrogen) atoms. The van der Waals surface area contributed by atoms with Crippen molar-refractivity contribution in [1.29, 1.82) is 0 Å². The van der Waals surface area contributed by atoms with Gasteiger partial charge in [-0.1, -0.05) is 70.2 Å². The van der Waals surface area contributed by atoms with E-state index in [1.165, 1.54) is 10.2 Å². The highest BCUT2D eigenvalue weighted by Gasteiger charge is 2.17. The van der Waals surface area contributed by atoms with E-state index in [9.17, 15) is 9.59 Å². The van der Waals surface area contributed by atoms with Crippen molar-refractivity contribution in [2.75, 3.05) is 0 Å². The number of rotatable bonds is 5. The van der Waals surface area contributed by atoms with Gasteiger partial charge in [0.1, 0.15) is 0 Å². The van der Waals surface area contributed by atoms with Gasteiger partial charge in [-0.15, -0.1) is 0 Å². The first-order valence-electron chi connectivity index (χ1n) is 10.2. The molecule has 0 bridgehead atoms. The SMILES string of the molecule is CCCn1nc(C(=O)N/N=C(\C)c2ccc(C(C)(C)C)cc2)c2ccccc2c1=O. The molecule has 1 aromatic heterocycles. The van der Waals surface area contributed by atoms with Crippen LogP contribution in [-0.2, 0) is 12.0 Å². The van der Waals surface area contributed by atoms with Crippen LogP contribution >= 0.6 is 0 Å². The van der Waals surface area contributed by atoms with Crippen molar-refractivity contribution >= 4 is 22.4 Å². The summed E-state index contributed by atoms with van der Waals surface area (Å²) in [5.74, 6) is -0.443. The minimum absolute atomic E-state index is 0.0755. The number of nitrogens with zero attached hydrogens (tertiary/aromatic N) is 3. The Kier molecular flexibility index (Phi) is 6.15. The predicted molar refractivity (Wildman–Crippen MR) is 121 cm³/mol. The lowest BCUT2D eigenvalue weighted by Crippen LogP contribution is -2.29. The summed E-state index contributed by atoms with van der Waals surface area (Å²) < 4.78 is 1.35. The highest BCUT2D eigenvalue weighted by molar-refractivity contribution is 6.06. The summed E-state index contributed by atoms with van der Waals surface area (Å²) in [5.41, 5.74) is 5.52. The van der Waals surface area contributed by atoms with Gasteiger partial charge in [-0.05, 0) is 36.0 Å². The van der Waals surface area contributed by atoms with Crippen LogP contribution in [-0.4, -0.2) is 21.4 Å². The number of carbonyl (C=O) groups excluding carboxylic acids is 1. The van der Waals surface area contributed by atoms with Gasteiger partial charge in [0.15, 0.2) is 5.69 Å². The highest BCUT2D eigenvalue weighted by atomic mass is 16.2. The van der Waals surface area contributed by atoms with Gasteiger partial charge in [0.05, 0.1) is 11.1 Å². The number of hydrogen-bond donors (Lipinski definition) is 1. The fourth-order valence-corrected chi connectivity index (χ4v) is 3.23. The van der Waals surface area contributed by atoms with Crippen molar-refractivity contribution in [3.8, 4) is 0 Å². The lowest BCUT2D eigenvalue weighted by Gasteiger charge is -2.19. The molecule has 156 valence electrons. The Bertz CT molecular complexity index is 1150. The van der Waals surface area contributed by atoms with Crippen molar-refractivity contribution in [3.63, 3.8) is 0 Å². The van der Waals surface area contributed by atoms with E-state index >= 15 is 0 Å². The zero-order valence-electron chi connectivity index (χ0n) is 18.2. The minimum atomic E-state index is -0.443. The van der Waals surface area contributed by atoms with Crippen molar-refractivity contribution in [3.05, 3.63) is 75.7 Å². The van der Waals surface area contributed by atoms with Crippen LogP contribution in [0.1, 0.15) is 62.7 Å². The molecule has 0 saturated heterocycles. The van der Waals surface area contributed by atoms with Gasteiger partial charge < -0.3 is 0 Å². The molecule has 1 N–H and O–H groups in total. The molecule has 0 aliphatic heterocycles. The van der Waals surface area contributed by atoms with Crippen molar-refractivity contribution < 1.29 is 4.79 Å². The van der Waals surface area contributed by atoms with E-state index in [-0.39, 0.29) is 16.7 Å². The molecule has 0 aliphatic rings. The maximum absolute atomic E-state index is 12.9. The zero-order chi connectivity index (χ0) is 21.9. The maximum atomic E-state index is 12.9. The average Bonchev–Trinajstić information content (AvgIpc) is 2.73. The first-order valence-corrected chi connectivity index (χ1v) is 10.2. The van der Waals surface area contributed by atoms with Crippen molar-refractivity contribution in [2.45, 2.75) is 53.0 Å². The van der Waals surface area contributed by atoms with E-state index in [2.05, 4.69) is 48.5 Å². The van der Waals surface area contributed by atoms with E-state index in [4.69, 9.17) is 0 Å². The van der Waals surface area contributed by atoms with E-state index in [0.717, 1.165) is 12.0 Å². The Morgan fingerprint density at radius 3 is 2.30 bits per heavy atom. The third kappa shape index (κ3) is 4.48. The number of amides is 1. The second kappa shape index (κ2) is 8.61. The largest absolute Gasteiger partial charge is 0.292 e. The molecule has 1 amide bonds. The fraction of sp³-hybridized carbons (Fsp3) is 0.333. The summed E-state index contributed by atoms with van der Waals surface area (Å²) in [6, 6.07) is 15.2. The van der Waals surface area contributed by atoms with Crippen LogP contribution in [0.3, 0.4) is 0 Å². The van der Waals surface area contributed by atoms with Gasteiger partial charge in [-0.2, -0.15) is 10.2 Å². The summed E-state index contributed by atoms with van der Waals surface area (Å²) in [4.78, 5) is 25.4. The molecule has 0 spiro atoms. The molecule has 0 fully saturated rings. The molecule has 2 aromatic carbocycles. The van der Waals surface area contributed by atoms with Gasteiger partial charge in [-0.3, -0.25) is 9.59 Å². The van der Waals surface area contributed by atoms with Crippen molar-refractivity contribution in [1.82, 2.24) is 15.2 Å². The third-order valence-corrected chi connectivity index (χ3v) is 5.01. The quantitative estimate of drug-likeness (QED) is 0.510. The number of nitrogens with one attached hydrogen (secondary N) is 1. The second-order valence-electron chi connectivity index (χ2n) is 8.39. The van der Waals surface area contributed by atoms with E-state index in [1.54, 1.807) is 24.3 Å². The monoisotopic (exact) mass is 404 g/mol. The van der Waals surface area contributed by atoms with Gasteiger partial charge >= 0.3 is 0 Å². The van der Waals surface area contributed by atoms with E-state index in [1.807, 2.05) is 26.0 Å². The van der Waals surface area contributed by atoms with Crippen LogP contribution in [0.5, 0.6) is 0 Å². The number of carbonyl (C=O) groups is 1. The number of aromatic nitrogens is 2. The van der Waals surface area contributed by atoms with Gasteiger partial charge in [-0.25, -0.2) is 10.1 Å². The molecule has 0 unspecified atom stereocenters. The van der Waals surface area contributed by atoms with Crippen LogP contribution in [0.2, 0.25) is 0 Å². The van der Waals surface area contributed by atoms with Crippen LogP contribution in [0.15, 0.2) is 58.4 Å². The predicted octanol–water partition coefficient (Wildman–Crippen LogP) is 4.26. The van der Waals surface area contributed by atoms with Gasteiger partial charge in [0.25, 0.3) is 11.5 Å². The second-order valence-corrected chi connectivity index (χ2v) is 8.39. The smallest absolute Gasteiger partial charge is 0.267 e. The van der Waals surface area contributed by atoms with Crippen molar-refractivity contribution in [2.24, 2.45) is 5.10 Å². The van der Waals surface area contributed by atoms with Crippen LogP contribution in [0.4, 0.5) is 0 Å². The summed E-state index contributed by atoms with van der Waals surface area (Å²) >= 11 is 0. The standard InChI is InChI=1S/C24H28N4O2/c1-6-15-28-23(30)20-10-8-7-9-19(20)21(27-28)22(29)26-25-16(2)17-11-13-18(14-12-17)24(3,4)5/h7-14H,6,15H2,1-5H3,(H,26,29)/b25-16+. The normalized spacial score (nSPS) is 12.2. The molecule has 1 heterocycles. The van der Waals surface area contributed by atoms with Crippen LogP contribution < -0.4 is 11.0 Å². The van der Waals surface area contributed by atoms with Crippen LogP contribution in [0.25, 0.3) is 10.8 Å². The number of hydrazone groups is 1. The summed E-state index contributed by atoms with van der Waals surface area (Å²) in [7, 11) is 0. The first kappa shape index (κ1) is 21.4. The highest BCUT2D eigenvalue weighted by Crippen LogP contribution is 2.22. The molecule has 0 atom stereocenters. The Balaban J connectivity index is 1.89. The first-order chi connectivity index (χ1) is 14.2. The average molecular weight is 405 g/mol. The number of fused-ring (bicyclic) bond motifs is 1. The van der Waals surface area contributed by atoms with E-state index in [0.29, 0.717) is 23.0 Å². The Hall–Kier alpha value is -3.28. The summed E-state index contributed by atoms with van der Waals surface area (Å²) in [6.45, 7) is 10.7. The lowest BCUT2D eigenvalue weighted by atomic mass is 9.86. The summed E-state index contributed by atoms with van der Waals surface area (Å²) in [5, 5.41) is 9.56. The molecule has 0 radical (unpaired) electrons. The molecule has 6 heteroatoms. The molecular weight excluding hydrogens is 376 g/mol. The Morgan fingerprint density at radius 1 is 1.07 bits per heavy atom. The molecule has 6 nitrogen and oxygen atoms in total. The Morgan fingerprint density at radius 2 is 1.70 bits per heavy atom. The van der Waals surface area contributed by atoms with Crippen LogP contribution in [0, 0.1) is 0 Å². The minimum Gasteiger partial charge on any atom is -0.267 e. The molecule has 0 saturated carbocycles. The zero-order valence-corrected chi connectivity index (χ0v) is 18.2. The topological polar surface area (TPSA) is 76.3 Å². The third-order valence-electron chi connectivity index (χ3n) is 5.01. The van der Waals surface area contributed by atoms with Gasteiger partial charge in [0.2, 0.25) is 0 Å². The number of aryl methyl sites for hydroxylation is 1. The Labute approximate surface area is 176 Å². The number of hydrogen-bond acceptors (Lipinski definition) is 4.